The fourth-order valence-corrected chi connectivity index (χ4v) is 3.84. The van der Waals surface area contributed by atoms with Gasteiger partial charge in [0.1, 0.15) is 22.9 Å². The minimum Gasteiger partial charge on any atom is -0.497 e. The highest BCUT2D eigenvalue weighted by molar-refractivity contribution is 6.37. The zero-order valence-corrected chi connectivity index (χ0v) is 19.5. The Hall–Kier alpha value is -4.26. The fourth-order valence-electron chi connectivity index (χ4n) is 3.84. The number of carbonyl (C=O) groups is 2. The van der Waals surface area contributed by atoms with E-state index in [1.807, 2.05) is 37.3 Å². The van der Waals surface area contributed by atoms with Crippen molar-refractivity contribution in [2.45, 2.75) is 13.5 Å². The van der Waals surface area contributed by atoms with Crippen molar-refractivity contribution in [3.05, 3.63) is 89.1 Å². The molecule has 1 heterocycles. The maximum absolute atomic E-state index is 13.6. The highest BCUT2D eigenvalue weighted by Gasteiger charge is 2.40. The number of hydrogen-bond acceptors (Lipinski definition) is 6. The maximum Gasteiger partial charge on any atom is 0.278 e. The smallest absolute Gasteiger partial charge is 0.278 e. The van der Waals surface area contributed by atoms with Gasteiger partial charge in [-0.15, -0.1) is 0 Å². The van der Waals surface area contributed by atoms with Crippen molar-refractivity contribution in [1.82, 2.24) is 4.90 Å². The van der Waals surface area contributed by atoms with E-state index in [2.05, 4.69) is 5.32 Å². The summed E-state index contributed by atoms with van der Waals surface area (Å²) in [5.74, 6) is 0.781. The Kier molecular flexibility index (Phi) is 6.54. The molecule has 1 N–H and O–H groups in total. The van der Waals surface area contributed by atoms with Crippen LogP contribution in [-0.2, 0) is 16.1 Å². The Morgan fingerprint density at radius 2 is 1.44 bits per heavy atom. The lowest BCUT2D eigenvalue weighted by Gasteiger charge is -2.16. The van der Waals surface area contributed by atoms with Gasteiger partial charge in [0, 0.05) is 29.4 Å². The van der Waals surface area contributed by atoms with Crippen LogP contribution in [0.15, 0.2) is 72.4 Å². The molecule has 0 saturated heterocycles. The molecule has 174 valence electrons. The predicted octanol–water partition coefficient (Wildman–Crippen LogP) is 4.41. The van der Waals surface area contributed by atoms with Crippen LogP contribution in [0.5, 0.6) is 17.2 Å². The number of rotatable bonds is 8. The first-order chi connectivity index (χ1) is 16.4. The van der Waals surface area contributed by atoms with Gasteiger partial charge in [-0.05, 0) is 18.6 Å². The van der Waals surface area contributed by atoms with Gasteiger partial charge < -0.3 is 19.5 Å². The number of para-hydroxylation sites is 1. The van der Waals surface area contributed by atoms with Crippen LogP contribution in [0, 0.1) is 6.92 Å². The molecule has 4 rings (SSSR count). The molecule has 3 aromatic rings. The highest BCUT2D eigenvalue weighted by atomic mass is 16.5. The summed E-state index contributed by atoms with van der Waals surface area (Å²) in [5, 5.41) is 3.15. The second-order valence-electron chi connectivity index (χ2n) is 7.86. The average molecular weight is 459 g/mol. The summed E-state index contributed by atoms with van der Waals surface area (Å²) in [6.45, 7) is 2.14. The van der Waals surface area contributed by atoms with E-state index in [-0.39, 0.29) is 17.8 Å². The number of aryl methyl sites for hydroxylation is 1. The van der Waals surface area contributed by atoms with E-state index in [1.54, 1.807) is 50.6 Å². The Morgan fingerprint density at radius 3 is 2.06 bits per heavy atom. The van der Waals surface area contributed by atoms with Crippen LogP contribution in [0.25, 0.3) is 5.57 Å². The standard InChI is InChI=1S/C27H26N2O5/c1-17-9-11-18(12-10-17)16-29-26(30)24(22-7-5-6-8-23(22)34-4)25(27(29)31)28-19-13-20(32-2)15-21(14-19)33-3/h5-15,28H,16H2,1-4H3. The lowest BCUT2D eigenvalue weighted by Crippen LogP contribution is -2.32. The van der Waals surface area contributed by atoms with Gasteiger partial charge in [0.25, 0.3) is 11.8 Å². The monoisotopic (exact) mass is 458 g/mol. The third-order valence-electron chi connectivity index (χ3n) is 5.63. The fraction of sp³-hybridized carbons (Fsp3) is 0.185. The summed E-state index contributed by atoms with van der Waals surface area (Å²) in [4.78, 5) is 28.4. The van der Waals surface area contributed by atoms with Crippen LogP contribution < -0.4 is 19.5 Å². The van der Waals surface area contributed by atoms with Crippen molar-refractivity contribution in [3.63, 3.8) is 0 Å². The molecular weight excluding hydrogens is 432 g/mol. The van der Waals surface area contributed by atoms with E-state index in [0.29, 0.717) is 28.5 Å². The number of amides is 2. The molecule has 0 unspecified atom stereocenters. The summed E-state index contributed by atoms with van der Waals surface area (Å²) in [6.07, 6.45) is 0. The topological polar surface area (TPSA) is 77.1 Å². The first-order valence-corrected chi connectivity index (χ1v) is 10.7. The molecule has 0 aliphatic carbocycles. The van der Waals surface area contributed by atoms with Gasteiger partial charge in [-0.2, -0.15) is 0 Å². The van der Waals surface area contributed by atoms with Gasteiger partial charge in [-0.3, -0.25) is 14.5 Å². The Balaban J connectivity index is 1.79. The Morgan fingerprint density at radius 1 is 0.794 bits per heavy atom. The summed E-state index contributed by atoms with van der Waals surface area (Å²) >= 11 is 0. The van der Waals surface area contributed by atoms with Gasteiger partial charge in [0.2, 0.25) is 0 Å². The normalized spacial score (nSPS) is 13.4. The largest absolute Gasteiger partial charge is 0.497 e. The molecular formula is C27H26N2O5. The first kappa shape index (κ1) is 22.9. The highest BCUT2D eigenvalue weighted by Crippen LogP contribution is 2.37. The minimum absolute atomic E-state index is 0.156. The maximum atomic E-state index is 13.6. The molecule has 0 bridgehead atoms. The molecule has 3 aromatic carbocycles. The average Bonchev–Trinajstić information content (AvgIpc) is 3.08. The van der Waals surface area contributed by atoms with E-state index < -0.39 is 11.8 Å². The lowest BCUT2D eigenvalue weighted by molar-refractivity contribution is -0.137. The van der Waals surface area contributed by atoms with Gasteiger partial charge in [0.15, 0.2) is 0 Å². The van der Waals surface area contributed by atoms with E-state index in [1.165, 1.54) is 12.0 Å². The molecule has 0 spiro atoms. The number of ether oxygens (including phenoxy) is 3. The molecule has 7 heteroatoms. The van der Waals surface area contributed by atoms with Crippen molar-refractivity contribution in [3.8, 4) is 17.2 Å². The van der Waals surface area contributed by atoms with Crippen LogP contribution in [0.3, 0.4) is 0 Å². The van der Waals surface area contributed by atoms with E-state index >= 15 is 0 Å². The number of anilines is 1. The number of carbonyl (C=O) groups excluding carboxylic acids is 2. The van der Waals surface area contributed by atoms with Crippen LogP contribution in [0.2, 0.25) is 0 Å². The van der Waals surface area contributed by atoms with Crippen LogP contribution in [-0.4, -0.2) is 38.0 Å². The van der Waals surface area contributed by atoms with Gasteiger partial charge in [0.05, 0.1) is 33.4 Å². The molecule has 0 saturated carbocycles. The van der Waals surface area contributed by atoms with Crippen molar-refractivity contribution >= 4 is 23.1 Å². The van der Waals surface area contributed by atoms with Gasteiger partial charge in [-0.25, -0.2) is 0 Å². The van der Waals surface area contributed by atoms with Crippen LogP contribution >= 0.6 is 0 Å². The van der Waals surface area contributed by atoms with Crippen LogP contribution in [0.4, 0.5) is 5.69 Å². The number of nitrogens with one attached hydrogen (secondary N) is 1. The van der Waals surface area contributed by atoms with Gasteiger partial charge in [-0.1, -0.05) is 48.0 Å². The second kappa shape index (κ2) is 9.70. The number of methoxy groups -OCH3 is 3. The van der Waals surface area contributed by atoms with Crippen molar-refractivity contribution in [2.75, 3.05) is 26.6 Å². The SMILES string of the molecule is COc1cc(NC2=C(c3ccccc3OC)C(=O)N(Cc3ccc(C)cc3)C2=O)cc(OC)c1. The Labute approximate surface area is 198 Å². The number of hydrogen-bond donors (Lipinski definition) is 1. The number of benzene rings is 3. The van der Waals surface area contributed by atoms with E-state index in [4.69, 9.17) is 14.2 Å². The van der Waals surface area contributed by atoms with Crippen LogP contribution in [0.1, 0.15) is 16.7 Å². The summed E-state index contributed by atoms with van der Waals surface area (Å²) in [7, 11) is 4.63. The molecule has 2 amide bonds. The van der Waals surface area contributed by atoms with E-state index in [9.17, 15) is 9.59 Å². The van der Waals surface area contributed by atoms with Gasteiger partial charge >= 0.3 is 0 Å². The molecule has 34 heavy (non-hydrogen) atoms. The summed E-state index contributed by atoms with van der Waals surface area (Å²) < 4.78 is 16.2. The van der Waals surface area contributed by atoms with Crippen molar-refractivity contribution < 1.29 is 23.8 Å². The lowest BCUT2D eigenvalue weighted by atomic mass is 10.0. The zero-order valence-electron chi connectivity index (χ0n) is 19.5. The molecule has 0 fully saturated rings. The number of nitrogens with zero attached hydrogens (tertiary/aromatic N) is 1. The second-order valence-corrected chi connectivity index (χ2v) is 7.86. The third kappa shape index (κ3) is 4.45. The van der Waals surface area contributed by atoms with Crippen molar-refractivity contribution in [2.24, 2.45) is 0 Å². The molecule has 0 radical (unpaired) electrons. The summed E-state index contributed by atoms with van der Waals surface area (Å²) in [6, 6.07) is 20.1. The number of imide groups is 1. The molecule has 0 atom stereocenters. The first-order valence-electron chi connectivity index (χ1n) is 10.7. The zero-order chi connectivity index (χ0) is 24.2. The minimum atomic E-state index is -0.423. The molecule has 1 aliphatic rings. The third-order valence-corrected chi connectivity index (χ3v) is 5.63. The Bertz CT molecular complexity index is 1240. The quantitative estimate of drug-likeness (QED) is 0.504. The molecule has 0 aromatic heterocycles. The summed E-state index contributed by atoms with van der Waals surface area (Å²) in [5.41, 5.74) is 3.46. The van der Waals surface area contributed by atoms with Crippen molar-refractivity contribution in [1.29, 1.82) is 0 Å². The predicted molar refractivity (Wildman–Crippen MR) is 130 cm³/mol. The molecule has 1 aliphatic heterocycles. The molecule has 7 nitrogen and oxygen atoms in total. The van der Waals surface area contributed by atoms with E-state index in [0.717, 1.165) is 11.1 Å².